The first-order valence-corrected chi connectivity index (χ1v) is 12.6. The van der Waals surface area contributed by atoms with E-state index >= 15 is 0 Å². The minimum absolute atomic E-state index is 0.0379. The molecule has 0 bridgehead atoms. The second kappa shape index (κ2) is 9.14. The van der Waals surface area contributed by atoms with Crippen LogP contribution >= 0.6 is 11.8 Å². The van der Waals surface area contributed by atoms with Crippen molar-refractivity contribution >= 4 is 38.4 Å². The van der Waals surface area contributed by atoms with E-state index in [-0.39, 0.29) is 22.6 Å². The lowest BCUT2D eigenvalue weighted by molar-refractivity contribution is -0.140. The van der Waals surface area contributed by atoms with E-state index in [0.717, 1.165) is 68.6 Å². The van der Waals surface area contributed by atoms with Crippen LogP contribution in [0.25, 0.3) is 0 Å². The van der Waals surface area contributed by atoms with Gasteiger partial charge in [0.15, 0.2) is 0 Å². The molecule has 0 radical (unpaired) electrons. The molecule has 12 heteroatoms. The zero-order chi connectivity index (χ0) is 23.7. The molecule has 32 heavy (non-hydrogen) atoms. The average Bonchev–Trinajstić information content (AvgIpc) is 3.50. The Morgan fingerprint density at radius 3 is 2.50 bits per heavy atom. The van der Waals surface area contributed by atoms with Crippen LogP contribution in [0.1, 0.15) is 49.7 Å². The third-order valence-electron chi connectivity index (χ3n) is 6.42. The highest BCUT2D eigenvalue weighted by Crippen LogP contribution is 2.61. The molecule has 0 heterocycles. The molecular weight excluding hydrogens is 465 g/mol. The molecule has 1 aromatic carbocycles. The molecule has 0 unspecified atom stereocenters. The summed E-state index contributed by atoms with van der Waals surface area (Å²) in [7, 11) is -3.32. The number of hydrogen-bond donors (Lipinski definition) is 4. The van der Waals surface area contributed by atoms with Gasteiger partial charge in [0.2, 0.25) is 10.0 Å². The number of halogens is 3. The number of nitrogens with two attached hydrogens (primary N) is 1. The molecule has 1 aromatic rings. The molecule has 2 aliphatic rings. The van der Waals surface area contributed by atoms with E-state index in [1.807, 2.05) is 4.72 Å². The Labute approximate surface area is 189 Å². The Kier molecular flexibility index (Phi) is 7.06. The van der Waals surface area contributed by atoms with Crippen LogP contribution in [0.4, 0.5) is 13.2 Å². The number of rotatable bonds is 6. The van der Waals surface area contributed by atoms with E-state index in [0.29, 0.717) is 6.42 Å². The second-order valence-corrected chi connectivity index (χ2v) is 10.9. The number of hydrogen-bond acceptors (Lipinski definition) is 5. The highest BCUT2D eigenvalue weighted by atomic mass is 32.2. The predicted molar refractivity (Wildman–Crippen MR) is 115 cm³/mol. The summed E-state index contributed by atoms with van der Waals surface area (Å²) in [5.74, 6) is -0.494. The van der Waals surface area contributed by atoms with Gasteiger partial charge in [0.25, 0.3) is 0 Å². The van der Waals surface area contributed by atoms with Gasteiger partial charge in [0.05, 0.1) is 16.0 Å². The van der Waals surface area contributed by atoms with Gasteiger partial charge in [-0.05, 0) is 43.0 Å². The molecule has 0 spiro atoms. The summed E-state index contributed by atoms with van der Waals surface area (Å²) in [6, 6.07) is 2.99. The molecule has 1 amide bonds. The number of nitrogens with one attached hydrogen (secondary N) is 3. The molecule has 0 aliphatic heterocycles. The summed E-state index contributed by atoms with van der Waals surface area (Å²) in [4.78, 5) is 12.4. The fourth-order valence-electron chi connectivity index (χ4n) is 4.81. The maximum Gasteiger partial charge on any atom is 0.417 e. The van der Waals surface area contributed by atoms with Crippen molar-refractivity contribution in [1.29, 1.82) is 5.41 Å². The number of amides is 1. The predicted octanol–water partition coefficient (Wildman–Crippen LogP) is 2.02. The van der Waals surface area contributed by atoms with Gasteiger partial charge in [-0.1, -0.05) is 38.2 Å². The molecule has 176 valence electrons. The van der Waals surface area contributed by atoms with Gasteiger partial charge >= 0.3 is 17.3 Å². The smallest absolute Gasteiger partial charge is 0.301 e. The van der Waals surface area contributed by atoms with Crippen molar-refractivity contribution in [2.24, 2.45) is 11.8 Å². The van der Waals surface area contributed by atoms with Crippen LogP contribution in [0.3, 0.4) is 0 Å². The SMILES string of the molecule is CNS(=O)(=O)c1ccc([C@@]2(C(=O)NC(=[NH2+])SC=N)C[C@H]2C2CCCCC2)cc1C(F)(F)F. The van der Waals surface area contributed by atoms with Crippen molar-refractivity contribution in [3.8, 4) is 0 Å². The van der Waals surface area contributed by atoms with Crippen LogP contribution in [0.5, 0.6) is 0 Å². The Morgan fingerprint density at radius 1 is 1.28 bits per heavy atom. The molecule has 0 saturated heterocycles. The monoisotopic (exact) mass is 491 g/mol. The van der Waals surface area contributed by atoms with E-state index in [4.69, 9.17) is 10.8 Å². The molecule has 3 rings (SSSR count). The molecule has 2 fully saturated rings. The summed E-state index contributed by atoms with van der Waals surface area (Å²) >= 11 is 0.788. The molecule has 5 N–H and O–H groups in total. The summed E-state index contributed by atoms with van der Waals surface area (Å²) < 4.78 is 67.7. The van der Waals surface area contributed by atoms with Crippen molar-refractivity contribution in [2.75, 3.05) is 7.05 Å². The fourth-order valence-corrected chi connectivity index (χ4v) is 6.02. The van der Waals surface area contributed by atoms with E-state index in [1.165, 1.54) is 6.07 Å². The molecule has 2 saturated carbocycles. The summed E-state index contributed by atoms with van der Waals surface area (Å²) in [5.41, 5.74) is -1.47. The van der Waals surface area contributed by atoms with Gasteiger partial charge in [-0.3, -0.25) is 5.41 Å². The first-order valence-electron chi connectivity index (χ1n) is 10.2. The van der Waals surface area contributed by atoms with Crippen molar-refractivity contribution < 1.29 is 31.8 Å². The number of carbonyl (C=O) groups excluding carboxylic acids is 1. The fraction of sp³-hybridized carbons (Fsp3) is 0.550. The highest BCUT2D eigenvalue weighted by Gasteiger charge is 2.65. The summed E-state index contributed by atoms with van der Waals surface area (Å²) in [6.07, 6.45) is 0.325. The first-order chi connectivity index (χ1) is 15.0. The van der Waals surface area contributed by atoms with Crippen LogP contribution in [0, 0.1) is 17.2 Å². The van der Waals surface area contributed by atoms with Crippen molar-refractivity contribution in [2.45, 2.75) is 55.0 Å². The zero-order valence-electron chi connectivity index (χ0n) is 17.5. The first kappa shape index (κ1) is 24.7. The summed E-state index contributed by atoms with van der Waals surface area (Å²) in [6.45, 7) is 0. The lowest BCUT2D eigenvalue weighted by atomic mass is 9.80. The van der Waals surface area contributed by atoms with Crippen LogP contribution in [0.15, 0.2) is 23.1 Å². The highest BCUT2D eigenvalue weighted by molar-refractivity contribution is 8.24. The van der Waals surface area contributed by atoms with Gasteiger partial charge in [0.1, 0.15) is 5.41 Å². The van der Waals surface area contributed by atoms with E-state index in [2.05, 4.69) is 5.32 Å². The number of alkyl halides is 3. The standard InChI is InChI=1S/C20H25F3N4O3S2/c1-26-32(29,30)16-8-7-13(9-14(16)20(21,22)23)19(17(28)27-18(25)31-11-24)10-15(19)12-5-3-2-4-6-12/h7-9,11-12,15,24,26H,2-6,10H2,1H3,(H2,25,27,28)/p+1/t15-,19-/m0/s1. The third-order valence-corrected chi connectivity index (χ3v) is 8.37. The third kappa shape index (κ3) is 4.72. The lowest BCUT2D eigenvalue weighted by Gasteiger charge is -2.25. The van der Waals surface area contributed by atoms with Gasteiger partial charge in [0, 0.05) is 11.8 Å². The number of sulfonamides is 1. The van der Waals surface area contributed by atoms with Gasteiger partial charge in [-0.15, -0.1) is 0 Å². The maximum absolute atomic E-state index is 13.8. The lowest BCUT2D eigenvalue weighted by Crippen LogP contribution is -2.52. The average molecular weight is 492 g/mol. The number of amidine groups is 1. The van der Waals surface area contributed by atoms with Crippen molar-refractivity contribution in [3.63, 3.8) is 0 Å². The Bertz CT molecular complexity index is 1020. The zero-order valence-corrected chi connectivity index (χ0v) is 19.1. The molecule has 2 aliphatic carbocycles. The Hall–Kier alpha value is -1.92. The van der Waals surface area contributed by atoms with Crippen LogP contribution < -0.4 is 15.4 Å². The van der Waals surface area contributed by atoms with Crippen LogP contribution in [0.2, 0.25) is 0 Å². The normalized spacial score (nSPS) is 24.1. The van der Waals surface area contributed by atoms with Gasteiger partial charge in [-0.2, -0.15) is 13.2 Å². The minimum Gasteiger partial charge on any atom is -0.301 e. The van der Waals surface area contributed by atoms with E-state index in [9.17, 15) is 26.4 Å². The topological polar surface area (TPSA) is 125 Å². The van der Waals surface area contributed by atoms with E-state index < -0.39 is 38.0 Å². The minimum atomic E-state index is -4.93. The summed E-state index contributed by atoms with van der Waals surface area (Å²) in [5, 5.41) is 15.3. The van der Waals surface area contributed by atoms with Crippen molar-refractivity contribution in [1.82, 2.24) is 10.0 Å². The molecule has 0 aromatic heterocycles. The largest absolute Gasteiger partial charge is 0.417 e. The maximum atomic E-state index is 13.8. The quantitative estimate of drug-likeness (QED) is 0.359. The van der Waals surface area contributed by atoms with E-state index in [1.54, 1.807) is 0 Å². The van der Waals surface area contributed by atoms with Crippen LogP contribution in [-0.4, -0.2) is 32.1 Å². The Morgan fingerprint density at radius 2 is 1.94 bits per heavy atom. The second-order valence-electron chi connectivity index (χ2n) is 8.15. The number of benzene rings is 1. The molecule has 2 atom stereocenters. The Balaban J connectivity index is 2.08. The van der Waals surface area contributed by atoms with Gasteiger partial charge < -0.3 is 5.41 Å². The molecular formula is C20H26F3N4O3S2+. The number of carbonyl (C=O) groups is 1. The van der Waals surface area contributed by atoms with Crippen LogP contribution in [-0.2, 0) is 26.4 Å². The van der Waals surface area contributed by atoms with Crippen molar-refractivity contribution in [3.05, 3.63) is 29.3 Å². The number of thioether (sulfide) groups is 1. The van der Waals surface area contributed by atoms with Gasteiger partial charge in [-0.25, -0.2) is 23.3 Å². The molecule has 7 nitrogen and oxygen atoms in total.